The molecule has 1 atom stereocenters. The van der Waals surface area contributed by atoms with Crippen LogP contribution in [0.25, 0.3) is 0 Å². The molecule has 0 saturated carbocycles. The second-order valence-electron chi connectivity index (χ2n) is 5.70. The van der Waals surface area contributed by atoms with Crippen LogP contribution < -0.4 is 15.8 Å². The number of hydrogen-bond donors (Lipinski definition) is 3. The molecule has 1 unspecified atom stereocenters. The molecule has 6 nitrogen and oxygen atoms in total. The lowest BCUT2D eigenvalue weighted by Gasteiger charge is -2.22. The van der Waals surface area contributed by atoms with Gasteiger partial charge in [-0.2, -0.15) is 0 Å². The van der Waals surface area contributed by atoms with Gasteiger partial charge in [0.15, 0.2) is 0 Å². The highest BCUT2D eigenvalue weighted by atomic mass is 16.6. The Bertz CT molecular complexity index is 483. The predicted molar refractivity (Wildman–Crippen MR) is 81.5 cm³/mol. The third-order valence-electron chi connectivity index (χ3n) is 2.73. The van der Waals surface area contributed by atoms with Gasteiger partial charge in [-0.15, -0.1) is 0 Å². The molecule has 1 aromatic rings. The molecule has 4 N–H and O–H groups in total. The van der Waals surface area contributed by atoms with Gasteiger partial charge < -0.3 is 20.3 Å². The first-order valence-corrected chi connectivity index (χ1v) is 6.81. The maximum Gasteiger partial charge on any atom is 0.412 e. The number of nitrogens with two attached hydrogens (primary N) is 1. The molecule has 1 rings (SSSR count). The van der Waals surface area contributed by atoms with Crippen LogP contribution in [-0.4, -0.2) is 30.5 Å². The molecule has 6 heteroatoms. The van der Waals surface area contributed by atoms with E-state index in [-0.39, 0.29) is 6.61 Å². The van der Waals surface area contributed by atoms with Crippen molar-refractivity contribution >= 4 is 11.8 Å². The van der Waals surface area contributed by atoms with Crippen molar-refractivity contribution in [3.8, 4) is 5.75 Å². The summed E-state index contributed by atoms with van der Waals surface area (Å²) in [6.07, 6.45) is -0.166. The van der Waals surface area contributed by atoms with Crippen molar-refractivity contribution in [3.63, 3.8) is 0 Å². The van der Waals surface area contributed by atoms with Crippen LogP contribution in [-0.2, 0) is 4.74 Å². The fraction of sp³-hybridized carbons (Fsp3) is 0.533. The summed E-state index contributed by atoms with van der Waals surface area (Å²) in [4.78, 5) is 11.9. The average molecular weight is 296 g/mol. The van der Waals surface area contributed by atoms with Gasteiger partial charge in [0.25, 0.3) is 0 Å². The fourth-order valence-electron chi connectivity index (χ4n) is 1.80. The first kappa shape index (κ1) is 17.3. The van der Waals surface area contributed by atoms with Crippen LogP contribution in [0.4, 0.5) is 10.5 Å². The van der Waals surface area contributed by atoms with E-state index in [9.17, 15) is 4.79 Å². The number of anilines is 1. The molecular weight excluding hydrogens is 272 g/mol. The van der Waals surface area contributed by atoms with Crippen LogP contribution >= 0.6 is 0 Å². The van der Waals surface area contributed by atoms with Gasteiger partial charge >= 0.3 is 6.09 Å². The lowest BCUT2D eigenvalue weighted by molar-refractivity contribution is 0.0635. The molecule has 0 saturated heterocycles. The van der Waals surface area contributed by atoms with Gasteiger partial charge in [0, 0.05) is 18.3 Å². The van der Waals surface area contributed by atoms with Crippen LogP contribution in [0.15, 0.2) is 18.2 Å². The lowest BCUT2D eigenvalue weighted by Crippen LogP contribution is -2.28. The van der Waals surface area contributed by atoms with Gasteiger partial charge in [-0.25, -0.2) is 4.79 Å². The molecule has 0 aliphatic carbocycles. The van der Waals surface area contributed by atoms with Crippen molar-refractivity contribution in [1.29, 1.82) is 0 Å². The Kier molecular flexibility index (Phi) is 5.99. The number of carbonyl (C=O) groups is 1. The molecule has 0 aliphatic rings. The standard InChI is InChI=1S/C15H24N2O4/c1-15(2,3)21-14(19)17-13-6-5-10(20-4)9-11(13)12(16)7-8-18/h5-6,9,12,18H,7-8,16H2,1-4H3,(H,17,19). The molecule has 0 spiro atoms. The number of benzene rings is 1. The van der Waals surface area contributed by atoms with Crippen LogP contribution in [0.1, 0.15) is 38.8 Å². The molecule has 0 heterocycles. The molecule has 21 heavy (non-hydrogen) atoms. The van der Waals surface area contributed by atoms with Gasteiger partial charge in [-0.05, 0) is 51.0 Å². The summed E-state index contributed by atoms with van der Waals surface area (Å²) in [5.41, 5.74) is 6.68. The number of nitrogens with one attached hydrogen (secondary N) is 1. The zero-order valence-electron chi connectivity index (χ0n) is 13.0. The third kappa shape index (κ3) is 5.61. The predicted octanol–water partition coefficient (Wildman–Crippen LogP) is 2.42. The summed E-state index contributed by atoms with van der Waals surface area (Å²) in [7, 11) is 1.55. The minimum Gasteiger partial charge on any atom is -0.497 e. The van der Waals surface area contributed by atoms with E-state index in [1.54, 1.807) is 46.1 Å². The second-order valence-corrected chi connectivity index (χ2v) is 5.70. The highest BCUT2D eigenvalue weighted by molar-refractivity contribution is 5.86. The zero-order chi connectivity index (χ0) is 16.0. The molecule has 118 valence electrons. The van der Waals surface area contributed by atoms with E-state index in [4.69, 9.17) is 20.3 Å². The summed E-state index contributed by atoms with van der Waals surface area (Å²) in [5, 5.41) is 11.7. The molecule has 0 radical (unpaired) electrons. The molecule has 0 aliphatic heterocycles. The Morgan fingerprint density at radius 1 is 1.43 bits per heavy atom. The van der Waals surface area contributed by atoms with Crippen molar-refractivity contribution in [3.05, 3.63) is 23.8 Å². The van der Waals surface area contributed by atoms with Gasteiger partial charge in [0.05, 0.1) is 7.11 Å². The number of carbonyl (C=O) groups excluding carboxylic acids is 1. The topological polar surface area (TPSA) is 93.8 Å². The highest BCUT2D eigenvalue weighted by Gasteiger charge is 2.19. The van der Waals surface area contributed by atoms with E-state index < -0.39 is 17.7 Å². The molecule has 0 fully saturated rings. The number of ether oxygens (including phenoxy) is 2. The number of methoxy groups -OCH3 is 1. The van der Waals surface area contributed by atoms with Crippen LogP contribution in [0.2, 0.25) is 0 Å². The van der Waals surface area contributed by atoms with E-state index in [1.807, 2.05) is 0 Å². The Morgan fingerprint density at radius 3 is 2.62 bits per heavy atom. The van der Waals surface area contributed by atoms with Crippen molar-refractivity contribution in [2.24, 2.45) is 5.73 Å². The number of rotatable bonds is 5. The summed E-state index contributed by atoms with van der Waals surface area (Å²) in [6, 6.07) is 4.76. The lowest BCUT2D eigenvalue weighted by atomic mass is 10.0. The van der Waals surface area contributed by atoms with Gasteiger partial charge in [0.2, 0.25) is 0 Å². The molecule has 0 bridgehead atoms. The van der Waals surface area contributed by atoms with Gasteiger partial charge in [-0.3, -0.25) is 5.32 Å². The van der Waals surface area contributed by atoms with Gasteiger partial charge in [-0.1, -0.05) is 0 Å². The maximum absolute atomic E-state index is 11.9. The second kappa shape index (κ2) is 7.28. The number of hydrogen-bond acceptors (Lipinski definition) is 5. The summed E-state index contributed by atoms with van der Waals surface area (Å²) in [5.74, 6) is 0.633. The van der Waals surface area contributed by atoms with Crippen molar-refractivity contribution in [1.82, 2.24) is 0 Å². The number of amides is 1. The zero-order valence-corrected chi connectivity index (χ0v) is 13.0. The average Bonchev–Trinajstić information content (AvgIpc) is 2.37. The fourth-order valence-corrected chi connectivity index (χ4v) is 1.80. The monoisotopic (exact) mass is 296 g/mol. The highest BCUT2D eigenvalue weighted by Crippen LogP contribution is 2.28. The van der Waals surface area contributed by atoms with E-state index in [2.05, 4.69) is 5.32 Å². The first-order chi connectivity index (χ1) is 9.76. The minimum atomic E-state index is -0.579. The quantitative estimate of drug-likeness (QED) is 0.776. The molecule has 1 aromatic carbocycles. The Labute approximate surface area is 125 Å². The Morgan fingerprint density at radius 2 is 2.10 bits per heavy atom. The number of aliphatic hydroxyl groups is 1. The van der Waals surface area contributed by atoms with Crippen LogP contribution in [0.5, 0.6) is 5.75 Å². The van der Waals surface area contributed by atoms with Gasteiger partial charge in [0.1, 0.15) is 11.4 Å². The number of aliphatic hydroxyl groups excluding tert-OH is 1. The summed E-state index contributed by atoms with van der Waals surface area (Å²) in [6.45, 7) is 5.33. The summed E-state index contributed by atoms with van der Waals surface area (Å²) < 4.78 is 10.4. The maximum atomic E-state index is 11.9. The van der Waals surface area contributed by atoms with E-state index in [0.29, 0.717) is 23.4 Å². The normalized spacial score (nSPS) is 12.7. The SMILES string of the molecule is COc1ccc(NC(=O)OC(C)(C)C)c(C(N)CCO)c1. The van der Waals surface area contributed by atoms with Crippen LogP contribution in [0.3, 0.4) is 0 Å². The minimum absolute atomic E-state index is 0.0374. The van der Waals surface area contributed by atoms with E-state index in [0.717, 1.165) is 0 Å². The third-order valence-corrected chi connectivity index (χ3v) is 2.73. The first-order valence-electron chi connectivity index (χ1n) is 6.81. The molecule has 0 aromatic heterocycles. The smallest absolute Gasteiger partial charge is 0.412 e. The molecular formula is C15H24N2O4. The van der Waals surface area contributed by atoms with Crippen molar-refractivity contribution in [2.45, 2.75) is 38.8 Å². The van der Waals surface area contributed by atoms with E-state index >= 15 is 0 Å². The van der Waals surface area contributed by atoms with Crippen molar-refractivity contribution in [2.75, 3.05) is 19.0 Å². The van der Waals surface area contributed by atoms with E-state index in [1.165, 1.54) is 0 Å². The summed E-state index contributed by atoms with van der Waals surface area (Å²) >= 11 is 0. The Hall–Kier alpha value is -1.79. The Balaban J connectivity index is 2.97. The van der Waals surface area contributed by atoms with Crippen molar-refractivity contribution < 1.29 is 19.4 Å². The largest absolute Gasteiger partial charge is 0.497 e. The van der Waals surface area contributed by atoms with Crippen LogP contribution in [0, 0.1) is 0 Å². The molecule has 1 amide bonds.